The summed E-state index contributed by atoms with van der Waals surface area (Å²) in [6.07, 6.45) is 5.74. The zero-order chi connectivity index (χ0) is 12.3. The van der Waals surface area contributed by atoms with Gasteiger partial charge in [0.05, 0.1) is 0 Å². The number of urea groups is 1. The Balaban J connectivity index is 1.86. The molecule has 0 spiro atoms. The van der Waals surface area contributed by atoms with Crippen molar-refractivity contribution in [3.63, 3.8) is 0 Å². The third-order valence-electron chi connectivity index (χ3n) is 2.62. The normalized spacial score (nSPS) is 15.5. The summed E-state index contributed by atoms with van der Waals surface area (Å²) in [5.74, 6) is 1.09. The number of allylic oxidation sites excluding steroid dienone is 1. The average Bonchev–Trinajstić information content (AvgIpc) is 3.09. The molecule has 2 rings (SSSR count). The summed E-state index contributed by atoms with van der Waals surface area (Å²) in [6, 6.07) is 2.94. The van der Waals surface area contributed by atoms with Gasteiger partial charge >= 0.3 is 6.03 Å². The van der Waals surface area contributed by atoms with E-state index in [9.17, 15) is 4.79 Å². The molecule has 90 valence electrons. The van der Waals surface area contributed by atoms with Crippen LogP contribution in [0.25, 0.3) is 0 Å². The van der Waals surface area contributed by atoms with Crippen molar-refractivity contribution >= 4 is 23.4 Å². The third kappa shape index (κ3) is 3.75. The number of nitrogens with zero attached hydrogens (tertiary/aromatic N) is 1. The lowest BCUT2D eigenvalue weighted by Gasteiger charge is -2.04. The molecule has 17 heavy (non-hydrogen) atoms. The molecule has 1 saturated carbocycles. The first kappa shape index (κ1) is 11.9. The summed E-state index contributed by atoms with van der Waals surface area (Å²) in [4.78, 5) is 15.5. The second kappa shape index (κ2) is 5.19. The molecule has 2 N–H and O–H groups in total. The van der Waals surface area contributed by atoms with Crippen molar-refractivity contribution < 1.29 is 4.79 Å². The van der Waals surface area contributed by atoms with Crippen LogP contribution in [-0.2, 0) is 0 Å². The molecule has 1 aliphatic carbocycles. The molecule has 0 aliphatic heterocycles. The van der Waals surface area contributed by atoms with E-state index in [1.165, 1.54) is 18.4 Å². The first-order chi connectivity index (χ1) is 8.15. The Hall–Kier alpha value is -1.55. The molecule has 0 saturated heterocycles. The van der Waals surface area contributed by atoms with Crippen LogP contribution in [0.3, 0.4) is 0 Å². The lowest BCUT2D eigenvalue weighted by atomic mass is 10.2. The van der Waals surface area contributed by atoms with Gasteiger partial charge < -0.3 is 5.32 Å². The van der Waals surface area contributed by atoms with E-state index in [1.807, 2.05) is 6.92 Å². The van der Waals surface area contributed by atoms with Crippen molar-refractivity contribution in [1.82, 2.24) is 10.3 Å². The van der Waals surface area contributed by atoms with Crippen LogP contribution >= 0.6 is 11.6 Å². The first-order valence-electron chi connectivity index (χ1n) is 5.51. The Morgan fingerprint density at radius 2 is 2.35 bits per heavy atom. The maximum atomic E-state index is 11.5. The second-order valence-corrected chi connectivity index (χ2v) is 4.56. The van der Waals surface area contributed by atoms with Crippen LogP contribution in [-0.4, -0.2) is 11.0 Å². The van der Waals surface area contributed by atoms with Crippen molar-refractivity contribution in [2.45, 2.75) is 19.8 Å². The molecule has 0 radical (unpaired) electrons. The van der Waals surface area contributed by atoms with Crippen LogP contribution in [0.2, 0.25) is 5.02 Å². The smallest absolute Gasteiger partial charge is 0.314 e. The van der Waals surface area contributed by atoms with Crippen LogP contribution in [0.4, 0.5) is 10.6 Å². The minimum atomic E-state index is -0.306. The molecule has 4 nitrogen and oxygen atoms in total. The lowest BCUT2D eigenvalue weighted by molar-refractivity contribution is 0.255. The molecule has 0 unspecified atom stereocenters. The van der Waals surface area contributed by atoms with Gasteiger partial charge in [0.15, 0.2) is 0 Å². The first-order valence-corrected chi connectivity index (χ1v) is 5.88. The Morgan fingerprint density at radius 1 is 1.59 bits per heavy atom. The van der Waals surface area contributed by atoms with Gasteiger partial charge in [-0.05, 0) is 37.8 Å². The van der Waals surface area contributed by atoms with E-state index < -0.39 is 0 Å². The van der Waals surface area contributed by atoms with Gasteiger partial charge in [-0.25, -0.2) is 9.78 Å². The Bertz CT molecular complexity index is 455. The zero-order valence-electron chi connectivity index (χ0n) is 9.53. The summed E-state index contributed by atoms with van der Waals surface area (Å²) in [5, 5.41) is 5.83. The number of halogens is 1. The van der Waals surface area contributed by atoms with Gasteiger partial charge in [-0.15, -0.1) is 0 Å². The number of carbonyl (C=O) groups is 1. The van der Waals surface area contributed by atoms with Crippen LogP contribution < -0.4 is 10.6 Å². The SMILES string of the molecule is C/C(=C\NC(=O)Nc1cc(Cl)ccn1)C1CC1. The van der Waals surface area contributed by atoms with E-state index >= 15 is 0 Å². The monoisotopic (exact) mass is 251 g/mol. The summed E-state index contributed by atoms with van der Waals surface area (Å²) in [7, 11) is 0. The van der Waals surface area contributed by atoms with Crippen LogP contribution in [0.1, 0.15) is 19.8 Å². The molecular formula is C12H14ClN3O. The fourth-order valence-electron chi connectivity index (χ4n) is 1.46. The van der Waals surface area contributed by atoms with Gasteiger partial charge in [0.1, 0.15) is 5.82 Å². The van der Waals surface area contributed by atoms with Crippen molar-refractivity contribution in [3.8, 4) is 0 Å². The topological polar surface area (TPSA) is 54.0 Å². The number of nitrogens with one attached hydrogen (secondary N) is 2. The summed E-state index contributed by atoms with van der Waals surface area (Å²) in [6.45, 7) is 2.02. The zero-order valence-corrected chi connectivity index (χ0v) is 10.3. The summed E-state index contributed by atoms with van der Waals surface area (Å²) < 4.78 is 0. The van der Waals surface area contributed by atoms with Crippen molar-refractivity contribution in [1.29, 1.82) is 0 Å². The Kier molecular flexibility index (Phi) is 3.64. The molecule has 0 atom stereocenters. The average molecular weight is 252 g/mol. The molecule has 2 amide bonds. The fraction of sp³-hybridized carbons (Fsp3) is 0.333. The maximum absolute atomic E-state index is 11.5. The van der Waals surface area contributed by atoms with E-state index in [4.69, 9.17) is 11.6 Å². The highest BCUT2D eigenvalue weighted by Crippen LogP contribution is 2.35. The molecule has 1 heterocycles. The van der Waals surface area contributed by atoms with Crippen molar-refractivity contribution in [3.05, 3.63) is 35.1 Å². The van der Waals surface area contributed by atoms with E-state index in [1.54, 1.807) is 24.5 Å². The number of aromatic nitrogens is 1. The Morgan fingerprint density at radius 3 is 3.00 bits per heavy atom. The highest BCUT2D eigenvalue weighted by molar-refractivity contribution is 6.30. The minimum absolute atomic E-state index is 0.306. The third-order valence-corrected chi connectivity index (χ3v) is 2.85. The number of hydrogen-bond donors (Lipinski definition) is 2. The predicted octanol–water partition coefficient (Wildman–Crippen LogP) is 3.17. The molecular weight excluding hydrogens is 238 g/mol. The van der Waals surface area contributed by atoms with Gasteiger partial charge in [-0.2, -0.15) is 0 Å². The summed E-state index contributed by atoms with van der Waals surface area (Å²) in [5.41, 5.74) is 1.21. The predicted molar refractivity (Wildman–Crippen MR) is 67.9 cm³/mol. The van der Waals surface area contributed by atoms with Crippen molar-refractivity contribution in [2.24, 2.45) is 5.92 Å². The van der Waals surface area contributed by atoms with Gasteiger partial charge in [0, 0.05) is 17.4 Å². The second-order valence-electron chi connectivity index (χ2n) is 4.12. The Labute approximate surface area is 105 Å². The molecule has 0 aromatic carbocycles. The molecule has 1 aliphatic rings. The number of amides is 2. The highest BCUT2D eigenvalue weighted by atomic mass is 35.5. The molecule has 1 aromatic heterocycles. The van der Waals surface area contributed by atoms with Crippen LogP contribution in [0.5, 0.6) is 0 Å². The molecule has 1 aromatic rings. The quantitative estimate of drug-likeness (QED) is 0.867. The molecule has 0 bridgehead atoms. The van der Waals surface area contributed by atoms with Gasteiger partial charge in [0.2, 0.25) is 0 Å². The minimum Gasteiger partial charge on any atom is -0.314 e. The van der Waals surface area contributed by atoms with Gasteiger partial charge in [0.25, 0.3) is 0 Å². The standard InChI is InChI=1S/C12H14ClN3O/c1-8(9-2-3-9)7-15-12(17)16-11-6-10(13)4-5-14-11/h4-7,9H,2-3H2,1H3,(H2,14,15,16,17)/b8-7+. The number of hydrogen-bond acceptors (Lipinski definition) is 2. The highest BCUT2D eigenvalue weighted by Gasteiger charge is 2.22. The summed E-state index contributed by atoms with van der Waals surface area (Å²) >= 11 is 5.78. The van der Waals surface area contributed by atoms with E-state index in [0.717, 1.165) is 0 Å². The van der Waals surface area contributed by atoms with E-state index in [-0.39, 0.29) is 6.03 Å². The number of pyridine rings is 1. The van der Waals surface area contributed by atoms with Gasteiger partial charge in [-0.3, -0.25) is 5.32 Å². The van der Waals surface area contributed by atoms with E-state index in [0.29, 0.717) is 16.8 Å². The molecule has 1 fully saturated rings. The molecule has 5 heteroatoms. The fourth-order valence-corrected chi connectivity index (χ4v) is 1.62. The lowest BCUT2D eigenvalue weighted by Crippen LogP contribution is -2.24. The largest absolute Gasteiger partial charge is 0.324 e. The van der Waals surface area contributed by atoms with E-state index in [2.05, 4.69) is 15.6 Å². The van der Waals surface area contributed by atoms with Crippen molar-refractivity contribution in [2.75, 3.05) is 5.32 Å². The van der Waals surface area contributed by atoms with Crippen LogP contribution in [0.15, 0.2) is 30.1 Å². The number of rotatable bonds is 3. The maximum Gasteiger partial charge on any atom is 0.324 e. The number of anilines is 1. The van der Waals surface area contributed by atoms with Gasteiger partial charge in [-0.1, -0.05) is 17.2 Å². The number of carbonyl (C=O) groups excluding carboxylic acids is 1. The van der Waals surface area contributed by atoms with Crippen LogP contribution in [0, 0.1) is 5.92 Å².